The number of aromatic nitrogens is 2. The summed E-state index contributed by atoms with van der Waals surface area (Å²) in [5, 5.41) is 7.30. The van der Waals surface area contributed by atoms with E-state index in [4.69, 9.17) is 9.97 Å². The van der Waals surface area contributed by atoms with E-state index in [-0.39, 0.29) is 0 Å². The van der Waals surface area contributed by atoms with Crippen molar-refractivity contribution in [2.45, 2.75) is 0 Å². The Balaban J connectivity index is 1.76. The maximum absolute atomic E-state index is 5.21. The van der Waals surface area contributed by atoms with Gasteiger partial charge in [0.2, 0.25) is 0 Å². The number of fused-ring (bicyclic) bond motifs is 9. The summed E-state index contributed by atoms with van der Waals surface area (Å²) < 4.78 is 0. The van der Waals surface area contributed by atoms with Crippen molar-refractivity contribution in [3.63, 3.8) is 0 Å². The van der Waals surface area contributed by atoms with Gasteiger partial charge in [0.1, 0.15) is 0 Å². The molecule has 0 unspecified atom stereocenters. The molecule has 0 radical (unpaired) electrons. The van der Waals surface area contributed by atoms with Crippen molar-refractivity contribution >= 4 is 43.4 Å². The molecule has 0 amide bonds. The van der Waals surface area contributed by atoms with E-state index < -0.39 is 0 Å². The Hall–Kier alpha value is -3.78. The molecule has 0 atom stereocenters. The summed E-state index contributed by atoms with van der Waals surface area (Å²) in [7, 11) is 0. The van der Waals surface area contributed by atoms with Crippen LogP contribution in [0.25, 0.3) is 65.9 Å². The smallest absolute Gasteiger partial charge is 0.0980 e. The zero-order valence-electron chi connectivity index (χ0n) is 15.0. The minimum Gasteiger partial charge on any atom is -0.243 e. The first-order valence-corrected chi connectivity index (χ1v) is 9.54. The molecule has 0 spiro atoms. The Bertz CT molecular complexity index is 1500. The molecule has 7 rings (SSSR count). The lowest BCUT2D eigenvalue weighted by molar-refractivity contribution is 1.33. The van der Waals surface area contributed by atoms with Crippen molar-refractivity contribution < 1.29 is 0 Å². The molecule has 28 heavy (non-hydrogen) atoms. The number of hydrogen-bond acceptors (Lipinski definition) is 2. The standard InChI is InChI=1S/C26H14N2/c1-3-11-18-16(9-1)17-10-2-4-12-19(17)24-23(18)27-25-20-13-5-7-15-8-6-14-21(22(15)20)26(25)28-24/h1-14H. The molecule has 1 aliphatic carbocycles. The average Bonchev–Trinajstić information content (AvgIpc) is 3.08. The quantitative estimate of drug-likeness (QED) is 0.282. The van der Waals surface area contributed by atoms with Crippen molar-refractivity contribution in [3.05, 3.63) is 84.9 Å². The van der Waals surface area contributed by atoms with Gasteiger partial charge >= 0.3 is 0 Å². The molecular formula is C26H14N2. The number of benzene rings is 5. The van der Waals surface area contributed by atoms with Gasteiger partial charge in [0.15, 0.2) is 0 Å². The second kappa shape index (κ2) is 4.93. The molecule has 1 aliphatic rings. The van der Waals surface area contributed by atoms with Crippen LogP contribution in [0.2, 0.25) is 0 Å². The molecule has 2 nitrogen and oxygen atoms in total. The molecule has 6 aromatic rings. The molecule has 0 saturated carbocycles. The predicted octanol–water partition coefficient (Wildman–Crippen LogP) is 6.74. The van der Waals surface area contributed by atoms with Gasteiger partial charge in [0, 0.05) is 27.3 Å². The molecular weight excluding hydrogens is 340 g/mol. The zero-order chi connectivity index (χ0) is 18.2. The van der Waals surface area contributed by atoms with Crippen molar-refractivity contribution in [1.29, 1.82) is 0 Å². The van der Waals surface area contributed by atoms with E-state index in [1.165, 1.54) is 32.7 Å². The Morgan fingerprint density at radius 1 is 0.429 bits per heavy atom. The third kappa shape index (κ3) is 1.64. The third-order valence-electron chi connectivity index (χ3n) is 5.97. The SMILES string of the molecule is c1cc2c3c(cccc3c1)-c1nc3c4ccccc4c4ccccc4c3nc1-2. The van der Waals surface area contributed by atoms with Gasteiger partial charge in [-0.25, -0.2) is 9.97 Å². The van der Waals surface area contributed by atoms with Crippen LogP contribution >= 0.6 is 0 Å². The van der Waals surface area contributed by atoms with Gasteiger partial charge < -0.3 is 0 Å². The maximum Gasteiger partial charge on any atom is 0.0980 e. The average molecular weight is 354 g/mol. The van der Waals surface area contributed by atoms with Crippen molar-refractivity contribution in [3.8, 4) is 22.5 Å². The van der Waals surface area contributed by atoms with E-state index >= 15 is 0 Å². The van der Waals surface area contributed by atoms with Gasteiger partial charge in [0.05, 0.1) is 22.4 Å². The Morgan fingerprint density at radius 2 is 0.893 bits per heavy atom. The normalized spacial score (nSPS) is 12.3. The van der Waals surface area contributed by atoms with Crippen LogP contribution in [-0.2, 0) is 0 Å². The molecule has 1 heterocycles. The van der Waals surface area contributed by atoms with Gasteiger partial charge in [0.25, 0.3) is 0 Å². The summed E-state index contributed by atoms with van der Waals surface area (Å²) in [4.78, 5) is 10.4. The molecule has 128 valence electrons. The van der Waals surface area contributed by atoms with E-state index in [0.717, 1.165) is 33.2 Å². The highest BCUT2D eigenvalue weighted by Gasteiger charge is 2.25. The monoisotopic (exact) mass is 354 g/mol. The number of hydrogen-bond donors (Lipinski definition) is 0. The van der Waals surface area contributed by atoms with Crippen molar-refractivity contribution in [2.75, 3.05) is 0 Å². The Labute approximate surface area is 161 Å². The van der Waals surface area contributed by atoms with Crippen LogP contribution in [-0.4, -0.2) is 9.97 Å². The predicted molar refractivity (Wildman–Crippen MR) is 116 cm³/mol. The highest BCUT2D eigenvalue weighted by atomic mass is 14.8. The molecule has 1 aromatic heterocycles. The van der Waals surface area contributed by atoms with Crippen molar-refractivity contribution in [2.24, 2.45) is 0 Å². The first kappa shape index (κ1) is 14.3. The molecule has 0 N–H and O–H groups in total. The topological polar surface area (TPSA) is 25.8 Å². The van der Waals surface area contributed by atoms with E-state index in [0.29, 0.717) is 0 Å². The largest absolute Gasteiger partial charge is 0.243 e. The summed E-state index contributed by atoms with van der Waals surface area (Å²) >= 11 is 0. The van der Waals surface area contributed by atoms with Crippen LogP contribution in [0.15, 0.2) is 84.9 Å². The van der Waals surface area contributed by atoms with Gasteiger partial charge in [-0.3, -0.25) is 0 Å². The molecule has 0 bridgehead atoms. The highest BCUT2D eigenvalue weighted by molar-refractivity contribution is 6.24. The molecule has 0 fully saturated rings. The van der Waals surface area contributed by atoms with Crippen LogP contribution in [0.3, 0.4) is 0 Å². The van der Waals surface area contributed by atoms with Crippen LogP contribution < -0.4 is 0 Å². The maximum atomic E-state index is 5.21. The number of rotatable bonds is 0. The minimum absolute atomic E-state index is 0.984. The summed E-state index contributed by atoms with van der Waals surface area (Å²) in [5.74, 6) is 0. The fourth-order valence-corrected chi connectivity index (χ4v) is 4.77. The highest BCUT2D eigenvalue weighted by Crippen LogP contribution is 2.46. The lowest BCUT2D eigenvalue weighted by Crippen LogP contribution is -1.93. The van der Waals surface area contributed by atoms with Gasteiger partial charge in [-0.15, -0.1) is 0 Å². The fraction of sp³-hybridized carbons (Fsp3) is 0. The summed E-state index contributed by atoms with van der Waals surface area (Å²) in [6, 6.07) is 29.9. The summed E-state index contributed by atoms with van der Waals surface area (Å²) in [5.41, 5.74) is 6.35. The third-order valence-corrected chi connectivity index (χ3v) is 5.97. The van der Waals surface area contributed by atoms with E-state index in [1.54, 1.807) is 0 Å². The zero-order valence-corrected chi connectivity index (χ0v) is 15.0. The summed E-state index contributed by atoms with van der Waals surface area (Å²) in [6.07, 6.45) is 0. The summed E-state index contributed by atoms with van der Waals surface area (Å²) in [6.45, 7) is 0. The van der Waals surface area contributed by atoms with Crippen LogP contribution in [0.4, 0.5) is 0 Å². The molecule has 2 heteroatoms. The van der Waals surface area contributed by atoms with Crippen LogP contribution in [0, 0.1) is 0 Å². The second-order valence-electron chi connectivity index (χ2n) is 7.42. The minimum atomic E-state index is 0.984. The van der Waals surface area contributed by atoms with E-state index in [1.807, 2.05) is 0 Å². The lowest BCUT2D eigenvalue weighted by atomic mass is 9.99. The van der Waals surface area contributed by atoms with E-state index in [9.17, 15) is 0 Å². The van der Waals surface area contributed by atoms with E-state index in [2.05, 4.69) is 84.9 Å². The Morgan fingerprint density at radius 3 is 1.39 bits per heavy atom. The van der Waals surface area contributed by atoms with Gasteiger partial charge in [-0.05, 0) is 16.2 Å². The first-order valence-electron chi connectivity index (χ1n) is 9.54. The fourth-order valence-electron chi connectivity index (χ4n) is 4.77. The second-order valence-corrected chi connectivity index (χ2v) is 7.42. The Kier molecular flexibility index (Phi) is 2.52. The molecule has 0 saturated heterocycles. The van der Waals surface area contributed by atoms with Crippen LogP contribution in [0.5, 0.6) is 0 Å². The molecule has 0 aliphatic heterocycles. The molecule has 5 aromatic carbocycles. The van der Waals surface area contributed by atoms with Gasteiger partial charge in [-0.2, -0.15) is 0 Å². The lowest BCUT2D eigenvalue weighted by Gasteiger charge is -2.11. The van der Waals surface area contributed by atoms with Gasteiger partial charge in [-0.1, -0.05) is 84.9 Å². The number of nitrogens with zero attached hydrogens (tertiary/aromatic N) is 2. The first-order chi connectivity index (χ1) is 13.9. The van der Waals surface area contributed by atoms with Crippen LogP contribution in [0.1, 0.15) is 0 Å². The van der Waals surface area contributed by atoms with Crippen molar-refractivity contribution in [1.82, 2.24) is 9.97 Å².